The Labute approximate surface area is 61.5 Å². The number of aliphatic hydroxyl groups is 1. The first-order chi connectivity index (χ1) is 4.93. The SMILES string of the molecule is OC/C=C\CC1CCOC1. The predicted molar refractivity (Wildman–Crippen MR) is 39.8 cm³/mol. The third kappa shape index (κ3) is 2.50. The van der Waals surface area contributed by atoms with Gasteiger partial charge in [0.05, 0.1) is 6.61 Å². The lowest BCUT2D eigenvalue weighted by atomic mass is 10.1. The van der Waals surface area contributed by atoms with Crippen LogP contribution in [0.2, 0.25) is 0 Å². The number of hydrogen-bond acceptors (Lipinski definition) is 2. The number of allylic oxidation sites excluding steroid dienone is 1. The third-order valence-corrected chi connectivity index (χ3v) is 1.77. The number of rotatable bonds is 3. The summed E-state index contributed by atoms with van der Waals surface area (Å²) in [6.07, 6.45) is 6.05. The molecule has 1 N–H and O–H groups in total. The molecule has 1 aliphatic heterocycles. The summed E-state index contributed by atoms with van der Waals surface area (Å²) in [4.78, 5) is 0. The van der Waals surface area contributed by atoms with Crippen molar-refractivity contribution < 1.29 is 9.84 Å². The van der Waals surface area contributed by atoms with Crippen LogP contribution in [-0.4, -0.2) is 24.9 Å². The minimum absolute atomic E-state index is 0.160. The van der Waals surface area contributed by atoms with Gasteiger partial charge >= 0.3 is 0 Å². The van der Waals surface area contributed by atoms with Crippen LogP contribution < -0.4 is 0 Å². The molecule has 2 heteroatoms. The van der Waals surface area contributed by atoms with Crippen molar-refractivity contribution in [1.82, 2.24) is 0 Å². The fraction of sp³-hybridized carbons (Fsp3) is 0.750. The van der Waals surface area contributed by atoms with Crippen molar-refractivity contribution in [1.29, 1.82) is 0 Å². The summed E-state index contributed by atoms with van der Waals surface area (Å²) >= 11 is 0. The molecular weight excluding hydrogens is 128 g/mol. The van der Waals surface area contributed by atoms with Crippen LogP contribution in [0.25, 0.3) is 0 Å². The van der Waals surface area contributed by atoms with Gasteiger partial charge in [0.15, 0.2) is 0 Å². The predicted octanol–water partition coefficient (Wildman–Crippen LogP) is 0.962. The largest absolute Gasteiger partial charge is 0.392 e. The highest BCUT2D eigenvalue weighted by molar-refractivity contribution is 4.84. The Hall–Kier alpha value is -0.340. The lowest BCUT2D eigenvalue weighted by molar-refractivity contribution is 0.186. The van der Waals surface area contributed by atoms with Crippen molar-refractivity contribution >= 4 is 0 Å². The standard InChI is InChI=1S/C8H14O2/c9-5-2-1-3-8-4-6-10-7-8/h1-2,8-9H,3-7H2/b2-1-. The highest BCUT2D eigenvalue weighted by Gasteiger charge is 2.12. The zero-order valence-electron chi connectivity index (χ0n) is 6.12. The van der Waals surface area contributed by atoms with E-state index in [2.05, 4.69) is 0 Å². The maximum absolute atomic E-state index is 8.42. The summed E-state index contributed by atoms with van der Waals surface area (Å²) in [5, 5.41) is 8.42. The van der Waals surface area contributed by atoms with Crippen LogP contribution in [-0.2, 0) is 4.74 Å². The molecule has 58 valence electrons. The number of ether oxygens (including phenoxy) is 1. The normalized spacial score (nSPS) is 26.3. The van der Waals surface area contributed by atoms with Crippen LogP contribution in [0.4, 0.5) is 0 Å². The topological polar surface area (TPSA) is 29.5 Å². The van der Waals surface area contributed by atoms with E-state index < -0.39 is 0 Å². The molecule has 1 saturated heterocycles. The van der Waals surface area contributed by atoms with Gasteiger partial charge in [0, 0.05) is 13.2 Å². The Kier molecular flexibility index (Phi) is 3.47. The summed E-state index contributed by atoms with van der Waals surface area (Å²) in [5.41, 5.74) is 0. The minimum Gasteiger partial charge on any atom is -0.392 e. The molecule has 1 fully saturated rings. The summed E-state index contributed by atoms with van der Waals surface area (Å²) < 4.78 is 5.19. The zero-order valence-corrected chi connectivity index (χ0v) is 6.12. The highest BCUT2D eigenvalue weighted by Crippen LogP contribution is 2.16. The molecule has 1 unspecified atom stereocenters. The van der Waals surface area contributed by atoms with Crippen molar-refractivity contribution in [3.05, 3.63) is 12.2 Å². The fourth-order valence-corrected chi connectivity index (χ4v) is 1.13. The van der Waals surface area contributed by atoms with Crippen molar-refractivity contribution in [2.75, 3.05) is 19.8 Å². The molecular formula is C8H14O2. The highest BCUT2D eigenvalue weighted by atomic mass is 16.5. The first-order valence-corrected chi connectivity index (χ1v) is 3.77. The molecule has 0 bridgehead atoms. The van der Waals surface area contributed by atoms with E-state index in [1.54, 1.807) is 6.08 Å². The van der Waals surface area contributed by atoms with Crippen LogP contribution in [0, 0.1) is 5.92 Å². The molecule has 0 amide bonds. The fourth-order valence-electron chi connectivity index (χ4n) is 1.13. The minimum atomic E-state index is 0.160. The van der Waals surface area contributed by atoms with Gasteiger partial charge in [-0.05, 0) is 18.8 Å². The van der Waals surface area contributed by atoms with E-state index in [1.807, 2.05) is 6.08 Å². The molecule has 0 aliphatic carbocycles. The molecule has 2 nitrogen and oxygen atoms in total. The van der Waals surface area contributed by atoms with Gasteiger partial charge in [0.1, 0.15) is 0 Å². The molecule has 0 saturated carbocycles. The van der Waals surface area contributed by atoms with Crippen LogP contribution in [0.1, 0.15) is 12.8 Å². The van der Waals surface area contributed by atoms with E-state index in [0.717, 1.165) is 19.6 Å². The summed E-state index contributed by atoms with van der Waals surface area (Å²) in [6, 6.07) is 0. The first-order valence-electron chi connectivity index (χ1n) is 3.77. The molecule has 1 atom stereocenters. The van der Waals surface area contributed by atoms with E-state index in [-0.39, 0.29) is 6.61 Å². The average Bonchev–Trinajstić information content (AvgIpc) is 2.41. The van der Waals surface area contributed by atoms with Gasteiger partial charge in [-0.3, -0.25) is 0 Å². The number of aliphatic hydroxyl groups excluding tert-OH is 1. The Morgan fingerprint density at radius 1 is 1.50 bits per heavy atom. The maximum atomic E-state index is 8.42. The molecule has 1 rings (SSSR count). The maximum Gasteiger partial charge on any atom is 0.0612 e. The van der Waals surface area contributed by atoms with E-state index in [0.29, 0.717) is 5.92 Å². The zero-order chi connectivity index (χ0) is 7.23. The second kappa shape index (κ2) is 4.47. The second-order valence-electron chi connectivity index (χ2n) is 2.62. The van der Waals surface area contributed by atoms with Crippen LogP contribution in [0.5, 0.6) is 0 Å². The van der Waals surface area contributed by atoms with Crippen molar-refractivity contribution in [2.24, 2.45) is 5.92 Å². The third-order valence-electron chi connectivity index (χ3n) is 1.77. The Bertz CT molecular complexity index is 104. The van der Waals surface area contributed by atoms with E-state index >= 15 is 0 Å². The van der Waals surface area contributed by atoms with E-state index in [1.165, 1.54) is 6.42 Å². The van der Waals surface area contributed by atoms with Gasteiger partial charge in [-0.25, -0.2) is 0 Å². The van der Waals surface area contributed by atoms with Gasteiger partial charge in [-0.2, -0.15) is 0 Å². The Morgan fingerprint density at radius 3 is 3.00 bits per heavy atom. The van der Waals surface area contributed by atoms with Crippen LogP contribution in [0.15, 0.2) is 12.2 Å². The van der Waals surface area contributed by atoms with Crippen LogP contribution in [0.3, 0.4) is 0 Å². The molecule has 0 aromatic carbocycles. The van der Waals surface area contributed by atoms with Gasteiger partial charge in [-0.15, -0.1) is 0 Å². The second-order valence-corrected chi connectivity index (χ2v) is 2.62. The lowest BCUT2D eigenvalue weighted by Crippen LogP contribution is -1.96. The Balaban J connectivity index is 2.06. The van der Waals surface area contributed by atoms with Gasteiger partial charge in [0.25, 0.3) is 0 Å². The smallest absolute Gasteiger partial charge is 0.0612 e. The van der Waals surface area contributed by atoms with Crippen molar-refractivity contribution in [3.8, 4) is 0 Å². The molecule has 1 heterocycles. The Morgan fingerprint density at radius 2 is 2.40 bits per heavy atom. The first kappa shape index (κ1) is 7.76. The lowest BCUT2D eigenvalue weighted by Gasteiger charge is -2.00. The van der Waals surface area contributed by atoms with Gasteiger partial charge < -0.3 is 9.84 Å². The molecule has 0 radical (unpaired) electrons. The average molecular weight is 142 g/mol. The number of hydrogen-bond donors (Lipinski definition) is 1. The monoisotopic (exact) mass is 142 g/mol. The summed E-state index contributed by atoms with van der Waals surface area (Å²) in [6.45, 7) is 1.97. The van der Waals surface area contributed by atoms with Gasteiger partial charge in [0.2, 0.25) is 0 Å². The van der Waals surface area contributed by atoms with Crippen molar-refractivity contribution in [3.63, 3.8) is 0 Å². The molecule has 0 aromatic heterocycles. The molecule has 0 spiro atoms. The molecule has 1 aliphatic rings. The summed E-state index contributed by atoms with van der Waals surface area (Å²) in [7, 11) is 0. The van der Waals surface area contributed by atoms with E-state index in [9.17, 15) is 0 Å². The van der Waals surface area contributed by atoms with E-state index in [4.69, 9.17) is 9.84 Å². The van der Waals surface area contributed by atoms with Crippen LogP contribution >= 0.6 is 0 Å². The quantitative estimate of drug-likeness (QED) is 0.595. The summed E-state index contributed by atoms with van der Waals surface area (Å²) in [5.74, 6) is 0.697. The molecule has 0 aromatic rings. The van der Waals surface area contributed by atoms with Crippen molar-refractivity contribution in [2.45, 2.75) is 12.8 Å². The van der Waals surface area contributed by atoms with Gasteiger partial charge in [-0.1, -0.05) is 12.2 Å². The molecule has 10 heavy (non-hydrogen) atoms.